The lowest BCUT2D eigenvalue weighted by molar-refractivity contribution is 0.521. The molecule has 0 spiro atoms. The fraction of sp³-hybridized carbons (Fsp3) is 0.333. The van der Waals surface area contributed by atoms with Gasteiger partial charge in [-0.05, 0) is 24.6 Å². The van der Waals surface area contributed by atoms with Gasteiger partial charge in [0.15, 0.2) is 0 Å². The van der Waals surface area contributed by atoms with Crippen molar-refractivity contribution < 1.29 is 8.42 Å². The molecule has 4 nitrogen and oxygen atoms in total. The molecule has 0 saturated carbocycles. The van der Waals surface area contributed by atoms with Gasteiger partial charge in [0.1, 0.15) is 4.90 Å². The molecule has 1 aromatic carbocycles. The number of nitrogens with two attached hydrogens (primary N) is 1. The van der Waals surface area contributed by atoms with Crippen LogP contribution in [0.25, 0.3) is 0 Å². The summed E-state index contributed by atoms with van der Waals surface area (Å²) >= 11 is 0. The maximum atomic E-state index is 11.8. The van der Waals surface area contributed by atoms with Crippen LogP contribution >= 0.6 is 0 Å². The lowest BCUT2D eigenvalue weighted by Gasteiger charge is -2.13. The zero-order valence-corrected chi connectivity index (χ0v) is 9.30. The Morgan fingerprint density at radius 1 is 1.29 bits per heavy atom. The number of hydrogen-bond donors (Lipinski definition) is 1. The van der Waals surface area contributed by atoms with Gasteiger partial charge in [-0.25, -0.2) is 12.7 Å². The third-order valence-corrected chi connectivity index (χ3v) is 3.80. The van der Waals surface area contributed by atoms with Crippen molar-refractivity contribution in [1.29, 1.82) is 0 Å². The Hall–Kier alpha value is -1.07. The summed E-state index contributed by atoms with van der Waals surface area (Å²) in [6, 6.07) is 4.96. The minimum atomic E-state index is -3.42. The van der Waals surface area contributed by atoms with E-state index in [0.29, 0.717) is 0 Å². The second-order valence-electron chi connectivity index (χ2n) is 3.33. The zero-order chi connectivity index (χ0) is 10.9. The van der Waals surface area contributed by atoms with Crippen molar-refractivity contribution in [2.75, 3.05) is 19.8 Å². The van der Waals surface area contributed by atoms with Gasteiger partial charge in [-0.2, -0.15) is 0 Å². The van der Waals surface area contributed by atoms with Crippen LogP contribution in [0.1, 0.15) is 5.56 Å². The third-order valence-electron chi connectivity index (χ3n) is 1.93. The van der Waals surface area contributed by atoms with Crippen LogP contribution in [0.4, 0.5) is 5.69 Å². The maximum Gasteiger partial charge on any atom is 0.244 e. The average Bonchev–Trinajstić information content (AvgIpc) is 2.08. The van der Waals surface area contributed by atoms with Crippen LogP contribution in [0.2, 0.25) is 0 Å². The van der Waals surface area contributed by atoms with Gasteiger partial charge >= 0.3 is 0 Å². The molecule has 0 radical (unpaired) electrons. The highest BCUT2D eigenvalue weighted by molar-refractivity contribution is 7.89. The molecule has 0 aromatic heterocycles. The van der Waals surface area contributed by atoms with Crippen LogP contribution in [0.5, 0.6) is 0 Å². The van der Waals surface area contributed by atoms with Gasteiger partial charge in [0.05, 0.1) is 5.69 Å². The predicted octanol–water partition coefficient (Wildman–Crippen LogP) is 0.828. The molecule has 0 fully saturated rings. The Labute approximate surface area is 84.4 Å². The van der Waals surface area contributed by atoms with Gasteiger partial charge in [-0.1, -0.05) is 6.07 Å². The molecule has 0 unspecified atom stereocenters. The van der Waals surface area contributed by atoms with Crippen LogP contribution in [-0.4, -0.2) is 26.8 Å². The SMILES string of the molecule is Cc1ccc(N)c(S(=O)(=O)N(C)C)c1. The summed E-state index contributed by atoms with van der Waals surface area (Å²) in [6.07, 6.45) is 0. The van der Waals surface area contributed by atoms with Crippen LogP contribution in [0.3, 0.4) is 0 Å². The van der Waals surface area contributed by atoms with E-state index in [1.54, 1.807) is 18.2 Å². The molecule has 0 atom stereocenters. The third kappa shape index (κ3) is 1.88. The largest absolute Gasteiger partial charge is 0.398 e. The van der Waals surface area contributed by atoms with E-state index >= 15 is 0 Å². The summed E-state index contributed by atoms with van der Waals surface area (Å²) in [5, 5.41) is 0. The molecule has 0 amide bonds. The Bertz CT molecular complexity index is 438. The van der Waals surface area contributed by atoms with Gasteiger partial charge < -0.3 is 5.73 Å². The van der Waals surface area contributed by atoms with Crippen molar-refractivity contribution >= 4 is 15.7 Å². The molecule has 0 aliphatic heterocycles. The van der Waals surface area contributed by atoms with Gasteiger partial charge in [0.25, 0.3) is 0 Å². The summed E-state index contributed by atoms with van der Waals surface area (Å²) in [5.41, 5.74) is 6.76. The summed E-state index contributed by atoms with van der Waals surface area (Å²) < 4.78 is 24.7. The number of aryl methyl sites for hydroxylation is 1. The summed E-state index contributed by atoms with van der Waals surface area (Å²) in [4.78, 5) is 0.169. The Morgan fingerprint density at radius 2 is 1.86 bits per heavy atom. The topological polar surface area (TPSA) is 63.4 Å². The van der Waals surface area contributed by atoms with Crippen LogP contribution in [-0.2, 0) is 10.0 Å². The van der Waals surface area contributed by atoms with Crippen LogP contribution < -0.4 is 5.73 Å². The second-order valence-corrected chi connectivity index (χ2v) is 5.45. The quantitative estimate of drug-likeness (QED) is 0.742. The molecule has 2 N–H and O–H groups in total. The molecule has 1 aromatic rings. The monoisotopic (exact) mass is 214 g/mol. The molecule has 0 saturated heterocycles. The highest BCUT2D eigenvalue weighted by atomic mass is 32.2. The van der Waals surface area contributed by atoms with E-state index in [4.69, 9.17) is 5.73 Å². The lowest BCUT2D eigenvalue weighted by Crippen LogP contribution is -2.23. The van der Waals surface area contributed by atoms with E-state index in [-0.39, 0.29) is 10.6 Å². The predicted molar refractivity (Wildman–Crippen MR) is 56.5 cm³/mol. The smallest absolute Gasteiger partial charge is 0.244 e. The molecule has 0 aliphatic carbocycles. The zero-order valence-electron chi connectivity index (χ0n) is 8.48. The number of rotatable bonds is 2. The number of hydrogen-bond acceptors (Lipinski definition) is 3. The molecular formula is C9H14N2O2S. The van der Waals surface area contributed by atoms with Crippen molar-refractivity contribution in [3.8, 4) is 0 Å². The summed E-state index contributed by atoms with van der Waals surface area (Å²) in [6.45, 7) is 1.83. The first kappa shape index (κ1) is 11.0. The first-order chi connectivity index (χ1) is 6.35. The van der Waals surface area contributed by atoms with Gasteiger partial charge in [0, 0.05) is 14.1 Å². The Morgan fingerprint density at radius 3 is 2.36 bits per heavy atom. The summed E-state index contributed by atoms with van der Waals surface area (Å²) in [5.74, 6) is 0. The van der Waals surface area contributed by atoms with Crippen molar-refractivity contribution in [3.63, 3.8) is 0 Å². The molecule has 78 valence electrons. The average molecular weight is 214 g/mol. The molecular weight excluding hydrogens is 200 g/mol. The van der Waals surface area contributed by atoms with Gasteiger partial charge in [0.2, 0.25) is 10.0 Å². The van der Waals surface area contributed by atoms with E-state index in [9.17, 15) is 8.42 Å². The van der Waals surface area contributed by atoms with E-state index in [1.807, 2.05) is 6.92 Å². The standard InChI is InChI=1S/C9H14N2O2S/c1-7-4-5-8(10)9(6-7)14(12,13)11(2)3/h4-6H,10H2,1-3H3. The fourth-order valence-corrected chi connectivity index (χ4v) is 2.16. The second kappa shape index (κ2) is 3.59. The molecule has 0 bridgehead atoms. The Kier molecular flexibility index (Phi) is 2.82. The van der Waals surface area contributed by atoms with Crippen molar-refractivity contribution in [3.05, 3.63) is 23.8 Å². The number of nitrogens with zero attached hydrogens (tertiary/aromatic N) is 1. The lowest BCUT2D eigenvalue weighted by atomic mass is 10.2. The van der Waals surface area contributed by atoms with Crippen molar-refractivity contribution in [2.24, 2.45) is 0 Å². The molecule has 5 heteroatoms. The fourth-order valence-electron chi connectivity index (χ4n) is 1.06. The minimum Gasteiger partial charge on any atom is -0.398 e. The first-order valence-electron chi connectivity index (χ1n) is 4.14. The molecule has 0 heterocycles. The molecule has 0 aliphatic rings. The van der Waals surface area contributed by atoms with Gasteiger partial charge in [-0.15, -0.1) is 0 Å². The molecule has 14 heavy (non-hydrogen) atoms. The molecule has 1 rings (SSSR count). The van der Waals surface area contributed by atoms with E-state index in [1.165, 1.54) is 14.1 Å². The highest BCUT2D eigenvalue weighted by Crippen LogP contribution is 2.21. The van der Waals surface area contributed by atoms with E-state index < -0.39 is 10.0 Å². The maximum absolute atomic E-state index is 11.8. The number of sulfonamides is 1. The first-order valence-corrected chi connectivity index (χ1v) is 5.58. The van der Waals surface area contributed by atoms with Crippen molar-refractivity contribution in [2.45, 2.75) is 11.8 Å². The van der Waals surface area contributed by atoms with Crippen LogP contribution in [0.15, 0.2) is 23.1 Å². The van der Waals surface area contributed by atoms with E-state index in [2.05, 4.69) is 0 Å². The van der Waals surface area contributed by atoms with E-state index in [0.717, 1.165) is 9.87 Å². The van der Waals surface area contributed by atoms with Gasteiger partial charge in [-0.3, -0.25) is 0 Å². The minimum absolute atomic E-state index is 0.169. The number of nitrogen functional groups attached to an aromatic ring is 1. The Balaban J connectivity index is 3.40. The number of anilines is 1. The number of benzene rings is 1. The van der Waals surface area contributed by atoms with Crippen molar-refractivity contribution in [1.82, 2.24) is 4.31 Å². The normalized spacial score (nSPS) is 12.0. The highest BCUT2D eigenvalue weighted by Gasteiger charge is 2.19. The van der Waals surface area contributed by atoms with Crippen LogP contribution in [0, 0.1) is 6.92 Å². The summed E-state index contributed by atoms with van der Waals surface area (Å²) in [7, 11) is -0.455.